The Balaban J connectivity index is 1.79. The van der Waals surface area contributed by atoms with Gasteiger partial charge in [-0.3, -0.25) is 0 Å². The molecule has 0 aromatic heterocycles. The predicted octanol–water partition coefficient (Wildman–Crippen LogP) is 6.28. The van der Waals surface area contributed by atoms with Gasteiger partial charge in [0.05, 0.1) is 12.4 Å². The molecular weight excluding hydrogens is 431 g/mol. The molecule has 2 aliphatic rings. The van der Waals surface area contributed by atoms with E-state index in [0.29, 0.717) is 54.5 Å². The van der Waals surface area contributed by atoms with Crippen LogP contribution in [-0.4, -0.2) is 43.7 Å². The molecule has 0 amide bonds. The second-order valence-corrected chi connectivity index (χ2v) is 8.17. The molecule has 1 aliphatic heterocycles. The average molecular weight is 462 g/mol. The van der Waals surface area contributed by atoms with Gasteiger partial charge in [-0.2, -0.15) is 0 Å². The van der Waals surface area contributed by atoms with E-state index in [1.807, 2.05) is 4.90 Å². The monoisotopic (exact) mass is 461 g/mol. The van der Waals surface area contributed by atoms with Crippen LogP contribution in [0.15, 0.2) is 66.5 Å². The summed E-state index contributed by atoms with van der Waals surface area (Å²) < 4.78 is 59.3. The van der Waals surface area contributed by atoms with Gasteiger partial charge >= 0.3 is 0 Å². The number of benzene rings is 1. The number of halogens is 3. The number of ether oxygens (including phenoxy) is 3. The first kappa shape index (κ1) is 24.7. The summed E-state index contributed by atoms with van der Waals surface area (Å²) in [4.78, 5) is 1.99. The Labute approximate surface area is 193 Å². The molecule has 0 atom stereocenters. The summed E-state index contributed by atoms with van der Waals surface area (Å²) in [6, 6.07) is 2.82. The first-order valence-corrected chi connectivity index (χ1v) is 10.9. The van der Waals surface area contributed by atoms with Gasteiger partial charge in [0.1, 0.15) is 12.4 Å². The lowest BCUT2D eigenvalue weighted by Gasteiger charge is -2.25. The van der Waals surface area contributed by atoms with E-state index in [4.69, 9.17) is 14.2 Å². The Morgan fingerprint density at radius 2 is 1.91 bits per heavy atom. The molecule has 0 saturated carbocycles. The molecule has 1 saturated heterocycles. The van der Waals surface area contributed by atoms with Crippen molar-refractivity contribution in [3.63, 3.8) is 0 Å². The molecule has 1 aromatic rings. The van der Waals surface area contributed by atoms with Gasteiger partial charge in [0, 0.05) is 49.5 Å². The van der Waals surface area contributed by atoms with Crippen LogP contribution in [0.2, 0.25) is 0 Å². The lowest BCUT2D eigenvalue weighted by molar-refractivity contribution is 0.0672. The highest BCUT2D eigenvalue weighted by Gasteiger charge is 2.25. The maximum absolute atomic E-state index is 15.1. The van der Waals surface area contributed by atoms with E-state index in [-0.39, 0.29) is 17.9 Å². The van der Waals surface area contributed by atoms with Crippen molar-refractivity contribution < 1.29 is 27.4 Å². The van der Waals surface area contributed by atoms with Crippen LogP contribution in [0.4, 0.5) is 13.2 Å². The van der Waals surface area contributed by atoms with Gasteiger partial charge in [-0.1, -0.05) is 37.5 Å². The number of rotatable bonds is 8. The van der Waals surface area contributed by atoms with Crippen LogP contribution in [-0.2, 0) is 4.74 Å². The highest BCUT2D eigenvalue weighted by atomic mass is 19.3. The lowest BCUT2D eigenvalue weighted by Crippen LogP contribution is -2.24. The van der Waals surface area contributed by atoms with Gasteiger partial charge in [-0.05, 0) is 31.4 Å². The molecule has 0 radical (unpaired) electrons. The number of nitrogens with zero attached hydrogens (tertiary/aromatic N) is 1. The van der Waals surface area contributed by atoms with Crippen molar-refractivity contribution in [2.24, 2.45) is 0 Å². The molecule has 178 valence electrons. The largest absolute Gasteiger partial charge is 0.485 e. The maximum Gasteiger partial charge on any atom is 0.270 e. The summed E-state index contributed by atoms with van der Waals surface area (Å²) in [5.41, 5.74) is 1.51. The van der Waals surface area contributed by atoms with Gasteiger partial charge in [-0.15, -0.1) is 0 Å². The number of hydrogen-bond donors (Lipinski definition) is 0. The summed E-state index contributed by atoms with van der Waals surface area (Å²) in [7, 11) is 0. The second-order valence-electron chi connectivity index (χ2n) is 8.17. The lowest BCUT2D eigenvalue weighted by atomic mass is 10.1. The highest BCUT2D eigenvalue weighted by molar-refractivity contribution is 5.66. The van der Waals surface area contributed by atoms with Crippen LogP contribution in [0.25, 0.3) is 5.70 Å². The van der Waals surface area contributed by atoms with Crippen molar-refractivity contribution in [3.8, 4) is 11.5 Å². The van der Waals surface area contributed by atoms with Crippen molar-refractivity contribution >= 4 is 5.70 Å². The van der Waals surface area contributed by atoms with E-state index in [1.165, 1.54) is 18.2 Å². The van der Waals surface area contributed by atoms with Gasteiger partial charge < -0.3 is 19.1 Å². The zero-order valence-corrected chi connectivity index (χ0v) is 19.1. The fourth-order valence-electron chi connectivity index (χ4n) is 3.59. The van der Waals surface area contributed by atoms with Gasteiger partial charge in [0.25, 0.3) is 5.92 Å². The van der Waals surface area contributed by atoms with Crippen LogP contribution in [0, 0.1) is 5.82 Å². The molecule has 0 N–H and O–H groups in total. The topological polar surface area (TPSA) is 30.9 Å². The van der Waals surface area contributed by atoms with E-state index < -0.39 is 11.7 Å². The van der Waals surface area contributed by atoms with Crippen molar-refractivity contribution in [1.82, 2.24) is 4.90 Å². The number of allylic oxidation sites excluding steroid dienone is 5. The molecule has 3 rings (SSSR count). The standard InChI is InChI=1S/C26H30F3NO3/c1-18(2)33-25-15-22(19(3)30-11-6-13-31-14-12-30)23(27)16-24(25)32-17-20-7-5-8-21(10-9-20)26(4,28)29/h7-10,15-16H,1,3,5-6,11-14,17H2,2,4H3. The average Bonchev–Trinajstić information content (AvgIpc) is 3.16. The summed E-state index contributed by atoms with van der Waals surface area (Å²) in [5, 5.41) is 0. The van der Waals surface area contributed by atoms with Crippen LogP contribution in [0.5, 0.6) is 11.5 Å². The molecule has 1 heterocycles. The van der Waals surface area contributed by atoms with E-state index in [2.05, 4.69) is 13.2 Å². The highest BCUT2D eigenvalue weighted by Crippen LogP contribution is 2.35. The molecular formula is C26H30F3NO3. The summed E-state index contributed by atoms with van der Waals surface area (Å²) in [5.74, 6) is -2.49. The smallest absolute Gasteiger partial charge is 0.270 e. The molecule has 0 spiro atoms. The van der Waals surface area contributed by atoms with E-state index >= 15 is 4.39 Å². The Bertz CT molecular complexity index is 981. The first-order valence-electron chi connectivity index (χ1n) is 10.9. The zero-order chi connectivity index (χ0) is 24.0. The summed E-state index contributed by atoms with van der Waals surface area (Å²) >= 11 is 0. The van der Waals surface area contributed by atoms with Crippen molar-refractivity contribution in [3.05, 3.63) is 77.9 Å². The van der Waals surface area contributed by atoms with Crippen LogP contribution >= 0.6 is 0 Å². The van der Waals surface area contributed by atoms with Crippen LogP contribution in [0.1, 0.15) is 32.3 Å². The van der Waals surface area contributed by atoms with Gasteiger partial charge in [-0.25, -0.2) is 13.2 Å². The number of alkyl halides is 2. The summed E-state index contributed by atoms with van der Waals surface area (Å²) in [6.45, 7) is 13.0. The minimum absolute atomic E-state index is 0.0483. The molecule has 7 heteroatoms. The Hall–Kier alpha value is -2.93. The third-order valence-electron chi connectivity index (χ3n) is 5.33. The maximum atomic E-state index is 15.1. The minimum Gasteiger partial charge on any atom is -0.485 e. The third kappa shape index (κ3) is 6.78. The van der Waals surface area contributed by atoms with E-state index in [9.17, 15) is 8.78 Å². The van der Waals surface area contributed by atoms with Crippen molar-refractivity contribution in [1.29, 1.82) is 0 Å². The SMILES string of the molecule is C=C(C)Oc1cc(C(=C)N2CCCOCC2)c(F)cc1OCC1=CCC=C(C(C)(F)F)C=C1. The minimum atomic E-state index is -2.91. The quantitative estimate of drug-likeness (QED) is 0.427. The van der Waals surface area contributed by atoms with Crippen LogP contribution < -0.4 is 9.47 Å². The Morgan fingerprint density at radius 1 is 1.12 bits per heavy atom. The molecule has 1 aromatic carbocycles. The fourth-order valence-corrected chi connectivity index (χ4v) is 3.59. The molecule has 33 heavy (non-hydrogen) atoms. The molecule has 0 bridgehead atoms. The van der Waals surface area contributed by atoms with Crippen LogP contribution in [0.3, 0.4) is 0 Å². The van der Waals surface area contributed by atoms with Gasteiger partial charge in [0.2, 0.25) is 0 Å². The molecule has 0 unspecified atom stereocenters. The van der Waals surface area contributed by atoms with Crippen molar-refractivity contribution in [2.75, 3.05) is 32.9 Å². The molecule has 1 fully saturated rings. The Morgan fingerprint density at radius 3 is 2.64 bits per heavy atom. The van der Waals surface area contributed by atoms with Crippen molar-refractivity contribution in [2.45, 2.75) is 32.6 Å². The summed E-state index contributed by atoms with van der Waals surface area (Å²) in [6.07, 6.45) is 7.43. The molecule has 1 aliphatic carbocycles. The normalized spacial score (nSPS) is 16.9. The van der Waals surface area contributed by atoms with E-state index in [0.717, 1.165) is 19.9 Å². The Kier molecular flexibility index (Phi) is 8.08. The predicted molar refractivity (Wildman–Crippen MR) is 124 cm³/mol. The van der Waals surface area contributed by atoms with E-state index in [1.54, 1.807) is 25.1 Å². The number of hydrogen-bond acceptors (Lipinski definition) is 4. The van der Waals surface area contributed by atoms with Gasteiger partial charge in [0.15, 0.2) is 11.5 Å². The first-order chi connectivity index (χ1) is 15.6. The zero-order valence-electron chi connectivity index (χ0n) is 19.1. The molecule has 4 nitrogen and oxygen atoms in total. The fraction of sp³-hybridized carbons (Fsp3) is 0.385. The third-order valence-corrected chi connectivity index (χ3v) is 5.33. The second kappa shape index (κ2) is 10.8.